The van der Waals surface area contributed by atoms with Crippen LogP contribution in [-0.4, -0.2) is 91.0 Å². The maximum Gasteiger partial charge on any atom is 0.331 e. The van der Waals surface area contributed by atoms with Crippen molar-refractivity contribution in [3.8, 4) is 11.3 Å². The van der Waals surface area contributed by atoms with Crippen molar-refractivity contribution in [2.75, 3.05) is 20.8 Å². The van der Waals surface area contributed by atoms with Crippen LogP contribution in [0.5, 0.6) is 0 Å². The summed E-state index contributed by atoms with van der Waals surface area (Å²) in [5.74, 6) is -1.78. The smallest absolute Gasteiger partial charge is 0.331 e. The molecule has 14 heteroatoms. The fourth-order valence-corrected chi connectivity index (χ4v) is 7.95. The van der Waals surface area contributed by atoms with E-state index in [1.54, 1.807) is 12.4 Å². The summed E-state index contributed by atoms with van der Waals surface area (Å²) in [4.78, 5) is 63.8. The van der Waals surface area contributed by atoms with Gasteiger partial charge in [0.25, 0.3) is 5.91 Å². The number of pyridine rings is 1. The highest BCUT2D eigenvalue weighted by molar-refractivity contribution is 5.99. The second-order valence-electron chi connectivity index (χ2n) is 14.9. The largest absolute Gasteiger partial charge is 0.467 e. The summed E-state index contributed by atoms with van der Waals surface area (Å²) in [6, 6.07) is 29.6. The van der Waals surface area contributed by atoms with Gasteiger partial charge in [-0.25, -0.2) is 19.3 Å². The Hall–Kier alpha value is -6.96. The molecule has 3 aromatic heterocycles. The zero-order valence-corrected chi connectivity index (χ0v) is 33.3. The molecule has 1 aliphatic rings. The number of likely N-dealkylation sites (tertiary alicyclic amines) is 1. The molecule has 6 aromatic rings. The summed E-state index contributed by atoms with van der Waals surface area (Å²) in [5.41, 5.74) is 3.90. The molecule has 3 atom stereocenters. The zero-order chi connectivity index (χ0) is 41.5. The summed E-state index contributed by atoms with van der Waals surface area (Å²) in [6.45, 7) is 4.24. The van der Waals surface area contributed by atoms with Crippen LogP contribution in [0.3, 0.4) is 0 Å². The van der Waals surface area contributed by atoms with E-state index < -0.39 is 41.5 Å². The molecule has 0 unspecified atom stereocenters. The van der Waals surface area contributed by atoms with Gasteiger partial charge in [-0.15, -0.1) is 5.10 Å². The Morgan fingerprint density at radius 2 is 1.42 bits per heavy atom. The molecule has 1 aliphatic heterocycles. The first kappa shape index (κ1) is 40.2. The lowest BCUT2D eigenvalue weighted by molar-refractivity contribution is -0.152. The SMILES string of the molecule is COC(=O)[C@@H](Cc1cn(C(c2ccccc2)(c2ccccc2)c2ccccc2)cn1)n1nncc1-c1cncc(C(=O)N[C@@H]2CCN([C@@H](CC(C)C)C(=O)OC)C2=O)c1. The molecule has 3 aromatic carbocycles. The van der Waals surface area contributed by atoms with Gasteiger partial charge in [-0.3, -0.25) is 14.6 Å². The van der Waals surface area contributed by atoms with E-state index in [1.165, 1.54) is 42.4 Å². The Balaban J connectivity index is 1.17. The second-order valence-corrected chi connectivity index (χ2v) is 14.9. The number of hydrogen-bond acceptors (Lipinski definition) is 10. The van der Waals surface area contributed by atoms with E-state index in [0.29, 0.717) is 36.3 Å². The molecule has 2 amide bonds. The Kier molecular flexibility index (Phi) is 12.1. The topological polar surface area (TPSA) is 163 Å². The van der Waals surface area contributed by atoms with E-state index in [2.05, 4.69) is 61.6 Å². The Bertz CT molecular complexity index is 2300. The maximum atomic E-state index is 13.6. The quantitative estimate of drug-likeness (QED) is 0.107. The molecule has 7 rings (SSSR count). The van der Waals surface area contributed by atoms with E-state index in [9.17, 15) is 19.2 Å². The highest BCUT2D eigenvalue weighted by Crippen LogP contribution is 2.41. The van der Waals surface area contributed by atoms with Crippen molar-refractivity contribution in [1.82, 2.24) is 39.7 Å². The van der Waals surface area contributed by atoms with E-state index >= 15 is 0 Å². The van der Waals surface area contributed by atoms with E-state index in [-0.39, 0.29) is 23.8 Å². The Morgan fingerprint density at radius 3 is 2.00 bits per heavy atom. The average Bonchev–Trinajstić information content (AvgIpc) is 4.04. The molecular formula is C45H46N8O6. The van der Waals surface area contributed by atoms with E-state index in [4.69, 9.17) is 14.5 Å². The third-order valence-electron chi connectivity index (χ3n) is 10.7. The third-order valence-corrected chi connectivity index (χ3v) is 10.7. The van der Waals surface area contributed by atoms with Gasteiger partial charge in [0.05, 0.1) is 43.7 Å². The first-order valence-electron chi connectivity index (χ1n) is 19.5. The van der Waals surface area contributed by atoms with Gasteiger partial charge in [0.2, 0.25) is 5.91 Å². The molecule has 1 saturated heterocycles. The van der Waals surface area contributed by atoms with Crippen LogP contribution < -0.4 is 5.32 Å². The van der Waals surface area contributed by atoms with Crippen LogP contribution >= 0.6 is 0 Å². The summed E-state index contributed by atoms with van der Waals surface area (Å²) >= 11 is 0. The molecule has 14 nitrogen and oxygen atoms in total. The molecule has 1 fully saturated rings. The van der Waals surface area contributed by atoms with E-state index in [1.807, 2.05) is 74.6 Å². The maximum absolute atomic E-state index is 13.6. The summed E-state index contributed by atoms with van der Waals surface area (Å²) in [5, 5.41) is 11.3. The normalized spacial score (nSPS) is 15.2. The van der Waals surface area contributed by atoms with Crippen LogP contribution in [0.1, 0.15) is 65.5 Å². The number of nitrogens with zero attached hydrogens (tertiary/aromatic N) is 7. The fraction of sp³-hybridized carbons (Fsp3) is 0.289. The van der Waals surface area contributed by atoms with Crippen molar-refractivity contribution in [3.05, 3.63) is 156 Å². The average molecular weight is 795 g/mol. The predicted octanol–water partition coefficient (Wildman–Crippen LogP) is 5.25. The number of esters is 2. The van der Waals surface area contributed by atoms with Crippen molar-refractivity contribution in [3.63, 3.8) is 0 Å². The molecule has 0 radical (unpaired) electrons. The number of rotatable bonds is 15. The monoisotopic (exact) mass is 794 g/mol. The highest BCUT2D eigenvalue weighted by Gasteiger charge is 2.41. The lowest BCUT2D eigenvalue weighted by Crippen LogP contribution is -2.48. The molecule has 0 bridgehead atoms. The van der Waals surface area contributed by atoms with Crippen molar-refractivity contribution in [1.29, 1.82) is 0 Å². The number of methoxy groups -OCH3 is 2. The van der Waals surface area contributed by atoms with Crippen molar-refractivity contribution < 1.29 is 28.7 Å². The van der Waals surface area contributed by atoms with Crippen LogP contribution in [0.2, 0.25) is 0 Å². The van der Waals surface area contributed by atoms with E-state index in [0.717, 1.165) is 16.7 Å². The lowest BCUT2D eigenvalue weighted by Gasteiger charge is -2.37. The summed E-state index contributed by atoms with van der Waals surface area (Å²) in [7, 11) is 2.61. The third kappa shape index (κ3) is 8.11. The number of carbonyl (C=O) groups is 4. The van der Waals surface area contributed by atoms with Crippen LogP contribution in [0.25, 0.3) is 11.3 Å². The minimum absolute atomic E-state index is 0.0990. The van der Waals surface area contributed by atoms with Crippen molar-refractivity contribution in [2.24, 2.45) is 5.92 Å². The first-order valence-corrected chi connectivity index (χ1v) is 19.5. The van der Waals surface area contributed by atoms with Gasteiger partial charge < -0.3 is 24.3 Å². The van der Waals surface area contributed by atoms with Crippen molar-refractivity contribution in [2.45, 2.75) is 56.8 Å². The molecule has 0 saturated carbocycles. The standard InChI is InChI=1S/C45H46N8O6/c1-30(2)22-38(43(56)58-3)52-21-20-37(42(52)55)49-41(54)32-23-31(25-46-26-32)40-27-48-50-53(40)39(44(57)59-4)24-36-28-51(29-47-36)45(33-14-8-5-9-15-33,34-16-10-6-11-17-34)35-18-12-7-13-19-35/h5-19,23,25-30,37-39H,20-22,24H2,1-4H3,(H,49,54)/t37-,38+,39-/m1/s1. The lowest BCUT2D eigenvalue weighted by atomic mass is 9.77. The number of ether oxygens (including phenoxy) is 2. The van der Waals surface area contributed by atoms with Crippen LogP contribution in [0.4, 0.5) is 0 Å². The van der Waals surface area contributed by atoms with Gasteiger partial charge in [-0.1, -0.05) is 110 Å². The van der Waals surface area contributed by atoms with Gasteiger partial charge in [0.1, 0.15) is 17.6 Å². The number of aromatic nitrogens is 6. The molecule has 0 spiro atoms. The minimum atomic E-state index is -0.992. The number of carbonyl (C=O) groups excluding carboxylic acids is 4. The van der Waals surface area contributed by atoms with Crippen molar-refractivity contribution >= 4 is 23.8 Å². The molecule has 59 heavy (non-hydrogen) atoms. The van der Waals surface area contributed by atoms with Crippen LogP contribution in [0, 0.1) is 5.92 Å². The number of nitrogens with one attached hydrogen (secondary N) is 1. The van der Waals surface area contributed by atoms with Gasteiger partial charge >= 0.3 is 11.9 Å². The number of hydrogen-bond donors (Lipinski definition) is 1. The number of amides is 2. The molecule has 1 N–H and O–H groups in total. The fourth-order valence-electron chi connectivity index (χ4n) is 7.95. The summed E-state index contributed by atoms with van der Waals surface area (Å²) in [6.07, 6.45) is 9.01. The predicted molar refractivity (Wildman–Crippen MR) is 218 cm³/mol. The van der Waals surface area contributed by atoms with Crippen LogP contribution in [0.15, 0.2) is 128 Å². The number of imidazole rings is 1. The summed E-state index contributed by atoms with van der Waals surface area (Å²) < 4.78 is 13.8. The minimum Gasteiger partial charge on any atom is -0.467 e. The van der Waals surface area contributed by atoms with Gasteiger partial charge in [-0.05, 0) is 41.5 Å². The highest BCUT2D eigenvalue weighted by atomic mass is 16.5. The Labute approximate surface area is 342 Å². The molecular weight excluding hydrogens is 749 g/mol. The van der Waals surface area contributed by atoms with Gasteiger partial charge in [-0.2, -0.15) is 0 Å². The second kappa shape index (κ2) is 17.7. The first-order chi connectivity index (χ1) is 28.6. The molecule has 302 valence electrons. The number of benzene rings is 3. The Morgan fingerprint density at radius 1 is 0.831 bits per heavy atom. The molecule has 4 heterocycles. The zero-order valence-electron chi connectivity index (χ0n) is 33.3. The van der Waals surface area contributed by atoms with Crippen LogP contribution in [-0.2, 0) is 35.8 Å². The van der Waals surface area contributed by atoms with Gasteiger partial charge in [0, 0.05) is 37.1 Å². The molecule has 0 aliphatic carbocycles. The van der Waals surface area contributed by atoms with Gasteiger partial charge in [0.15, 0.2) is 6.04 Å².